The van der Waals surface area contributed by atoms with Crippen LogP contribution in [0.15, 0.2) is 73.3 Å². The van der Waals surface area contributed by atoms with Gasteiger partial charge in [-0.1, -0.05) is 72.8 Å². The third-order valence-electron chi connectivity index (χ3n) is 10.2. The largest absolute Gasteiger partial charge is 0.480 e. The number of halogens is 2. The van der Waals surface area contributed by atoms with Crippen LogP contribution in [0.25, 0.3) is 33.6 Å². The fraction of sp³-hybridized carbons (Fsp3) is 0.385. The predicted octanol–water partition coefficient (Wildman–Crippen LogP) is 7.03. The van der Waals surface area contributed by atoms with Crippen LogP contribution in [0.2, 0.25) is 10.0 Å². The second kappa shape index (κ2) is 14.8. The minimum atomic E-state index is 0.365. The maximum atomic E-state index is 7.11. The number of hydrogen-bond donors (Lipinski definition) is 3. The van der Waals surface area contributed by atoms with Gasteiger partial charge in [-0.05, 0) is 32.6 Å². The molecule has 0 radical (unpaired) electrons. The van der Waals surface area contributed by atoms with Crippen molar-refractivity contribution in [3.8, 4) is 45.4 Å². The van der Waals surface area contributed by atoms with Crippen LogP contribution in [-0.2, 0) is 13.1 Å². The summed E-state index contributed by atoms with van der Waals surface area (Å²) in [6.07, 6.45) is 7.87. The number of aromatic nitrogens is 4. The van der Waals surface area contributed by atoms with Gasteiger partial charge >= 0.3 is 0 Å². The van der Waals surface area contributed by atoms with E-state index in [1.54, 1.807) is 26.6 Å². The molecular formula is C39H44Cl2N8O2. The van der Waals surface area contributed by atoms with Crippen LogP contribution in [0, 0.1) is 5.41 Å². The molecule has 3 aliphatic rings. The second-order valence-corrected chi connectivity index (χ2v) is 14.7. The molecule has 1 atom stereocenters. The average Bonchev–Trinajstić information content (AvgIpc) is 3.51. The molecule has 266 valence electrons. The lowest BCUT2D eigenvalue weighted by Gasteiger charge is -2.60. The van der Waals surface area contributed by atoms with Crippen LogP contribution in [0.3, 0.4) is 0 Å². The summed E-state index contributed by atoms with van der Waals surface area (Å²) in [7, 11) is 3.21. The van der Waals surface area contributed by atoms with E-state index in [1.165, 1.54) is 0 Å². The van der Waals surface area contributed by atoms with Crippen molar-refractivity contribution in [2.75, 3.05) is 33.9 Å². The van der Waals surface area contributed by atoms with E-state index in [1.807, 2.05) is 36.4 Å². The maximum absolute atomic E-state index is 7.11. The Bertz CT molecular complexity index is 1960. The molecule has 2 saturated heterocycles. The quantitative estimate of drug-likeness (QED) is 0.133. The van der Waals surface area contributed by atoms with Crippen LogP contribution in [0.5, 0.6) is 11.8 Å². The first-order valence-corrected chi connectivity index (χ1v) is 18.1. The molecule has 4 aromatic rings. The van der Waals surface area contributed by atoms with Gasteiger partial charge in [0.1, 0.15) is 11.4 Å². The highest BCUT2D eigenvalue weighted by Gasteiger charge is 2.52. The van der Waals surface area contributed by atoms with Gasteiger partial charge in [-0.25, -0.2) is 9.97 Å². The number of rotatable bonds is 13. The van der Waals surface area contributed by atoms with E-state index >= 15 is 0 Å². The second-order valence-electron chi connectivity index (χ2n) is 13.9. The van der Waals surface area contributed by atoms with Crippen molar-refractivity contribution in [1.82, 2.24) is 40.8 Å². The monoisotopic (exact) mass is 726 g/mol. The predicted molar refractivity (Wildman–Crippen MR) is 203 cm³/mol. The Balaban J connectivity index is 1.05. The van der Waals surface area contributed by atoms with Gasteiger partial charge in [-0.2, -0.15) is 0 Å². The molecular weight excluding hydrogens is 683 g/mol. The van der Waals surface area contributed by atoms with Crippen LogP contribution in [-0.4, -0.2) is 70.8 Å². The smallest absolute Gasteiger partial charge is 0.237 e. The Kier molecular flexibility index (Phi) is 10.2. The zero-order chi connectivity index (χ0) is 35.7. The average molecular weight is 728 g/mol. The summed E-state index contributed by atoms with van der Waals surface area (Å²) in [5, 5.41) is 11.5. The summed E-state index contributed by atoms with van der Waals surface area (Å²) < 4.78 is 11.3. The molecule has 2 aromatic heterocycles. The topological polar surface area (TPSA) is 109 Å². The lowest BCUT2D eigenvalue weighted by Crippen LogP contribution is -2.65. The minimum Gasteiger partial charge on any atom is -0.480 e. The van der Waals surface area contributed by atoms with Crippen LogP contribution < -0.4 is 25.4 Å². The number of methoxy groups -OCH3 is 2. The number of nitrogens with zero attached hydrogens (tertiary/aromatic N) is 5. The zero-order valence-corrected chi connectivity index (χ0v) is 30.9. The Labute approximate surface area is 309 Å². The van der Waals surface area contributed by atoms with Crippen molar-refractivity contribution < 1.29 is 9.47 Å². The van der Waals surface area contributed by atoms with Gasteiger partial charge in [-0.15, -0.1) is 0 Å². The first-order chi connectivity index (χ1) is 24.7. The molecule has 12 heteroatoms. The molecule has 1 aliphatic carbocycles. The first kappa shape index (κ1) is 35.2. The molecule has 1 saturated carbocycles. The van der Waals surface area contributed by atoms with Gasteiger partial charge in [0.05, 0.1) is 48.0 Å². The van der Waals surface area contributed by atoms with Gasteiger partial charge < -0.3 is 30.3 Å². The van der Waals surface area contributed by atoms with Crippen molar-refractivity contribution in [3.63, 3.8) is 0 Å². The molecule has 7 rings (SSSR count). The Hall–Kier alpha value is -4.22. The highest BCUT2D eigenvalue weighted by Crippen LogP contribution is 2.49. The molecule has 2 aliphatic heterocycles. The number of hydrogen-bond acceptors (Lipinski definition) is 10. The normalized spacial score (nSPS) is 17.9. The lowest BCUT2D eigenvalue weighted by atomic mass is 9.60. The highest BCUT2D eigenvalue weighted by atomic mass is 35.5. The van der Waals surface area contributed by atoms with E-state index in [0.717, 1.165) is 90.4 Å². The number of likely N-dealkylation sites (tertiary alicyclic amines) is 1. The van der Waals surface area contributed by atoms with Gasteiger partial charge in [0.2, 0.25) is 11.8 Å². The van der Waals surface area contributed by atoms with E-state index in [0.29, 0.717) is 63.8 Å². The minimum absolute atomic E-state index is 0.365. The zero-order valence-electron chi connectivity index (χ0n) is 29.4. The molecule has 51 heavy (non-hydrogen) atoms. The number of nitrogens with one attached hydrogen (secondary N) is 3. The summed E-state index contributed by atoms with van der Waals surface area (Å²) in [6.45, 7) is 14.3. The first-order valence-electron chi connectivity index (χ1n) is 17.3. The van der Waals surface area contributed by atoms with Gasteiger partial charge in [-0.3, -0.25) is 9.97 Å². The van der Waals surface area contributed by atoms with Crippen LogP contribution in [0.1, 0.15) is 44.0 Å². The van der Waals surface area contributed by atoms with E-state index < -0.39 is 0 Å². The summed E-state index contributed by atoms with van der Waals surface area (Å²) in [5.41, 5.74) is 8.34. The molecule has 1 spiro atoms. The Morgan fingerprint density at radius 1 is 0.902 bits per heavy atom. The number of benzene rings is 2. The Morgan fingerprint density at radius 3 is 1.96 bits per heavy atom. The van der Waals surface area contributed by atoms with Crippen molar-refractivity contribution in [3.05, 3.63) is 94.8 Å². The summed E-state index contributed by atoms with van der Waals surface area (Å²) in [5.74, 6) is 0.918. The summed E-state index contributed by atoms with van der Waals surface area (Å²) >= 11 is 14.2. The van der Waals surface area contributed by atoms with Crippen molar-refractivity contribution in [2.24, 2.45) is 5.41 Å². The van der Waals surface area contributed by atoms with Crippen LogP contribution >= 0.6 is 23.2 Å². The molecule has 10 nitrogen and oxygen atoms in total. The van der Waals surface area contributed by atoms with Crippen molar-refractivity contribution >= 4 is 23.2 Å². The van der Waals surface area contributed by atoms with Gasteiger partial charge in [0, 0.05) is 83.9 Å². The van der Waals surface area contributed by atoms with E-state index in [4.69, 9.17) is 47.6 Å². The SMILES string of the molecule is C=C1CC[C@H](CNCc2ncc(-c3cccc(-c4cccc(-c5cnc(CNC6CC7(C6)CN(C(=C)C)C7)c(OC)n5)c4Cl)c3Cl)nc2OC)N1. The van der Waals surface area contributed by atoms with E-state index in [-0.39, 0.29) is 0 Å². The molecule has 3 N–H and O–H groups in total. The molecule has 2 aromatic carbocycles. The fourth-order valence-electron chi connectivity index (χ4n) is 7.46. The fourth-order valence-corrected chi connectivity index (χ4v) is 8.11. The van der Waals surface area contributed by atoms with Gasteiger partial charge in [0.25, 0.3) is 0 Å². The third kappa shape index (κ3) is 7.28. The molecule has 3 fully saturated rings. The maximum Gasteiger partial charge on any atom is 0.237 e. The van der Waals surface area contributed by atoms with Crippen molar-refractivity contribution in [2.45, 2.75) is 57.8 Å². The van der Waals surface area contributed by atoms with E-state index in [9.17, 15) is 0 Å². The third-order valence-corrected chi connectivity index (χ3v) is 11.1. The Morgan fingerprint density at radius 2 is 1.45 bits per heavy atom. The number of allylic oxidation sites excluding steroid dienone is 2. The summed E-state index contributed by atoms with van der Waals surface area (Å²) in [4.78, 5) is 21.4. The van der Waals surface area contributed by atoms with E-state index in [2.05, 4.69) is 45.9 Å². The molecule has 4 heterocycles. The summed E-state index contributed by atoms with van der Waals surface area (Å²) in [6, 6.07) is 12.4. The standard InChI is InChI=1S/C39H44Cl2N8O2/c1-23(2)49-21-39(22-49)14-26(15-39)43-20-34-38(51-5)48-32(19-45-34)30-11-7-9-28(36(30)41)27-8-6-10-29(35(27)40)31-18-44-33(37(47-31)50-4)17-42-16-25-13-12-24(3)46-25/h6-11,18-19,25-26,42-43,46H,1,3,12-17,20-22H2,2,4-5H3/t25-/m1/s1. The molecule has 0 unspecified atom stereocenters. The van der Waals surface area contributed by atoms with Gasteiger partial charge in [0.15, 0.2) is 0 Å². The van der Waals surface area contributed by atoms with Crippen LogP contribution in [0.4, 0.5) is 0 Å². The number of ether oxygens (including phenoxy) is 2. The highest BCUT2D eigenvalue weighted by molar-refractivity contribution is 6.39. The lowest BCUT2D eigenvalue weighted by molar-refractivity contribution is -0.0602. The van der Waals surface area contributed by atoms with Crippen molar-refractivity contribution in [1.29, 1.82) is 0 Å². The molecule has 0 bridgehead atoms. The molecule has 0 amide bonds.